The molecular weight excluding hydrogens is 240 g/mol. The predicted octanol–water partition coefficient (Wildman–Crippen LogP) is 0.833. The second kappa shape index (κ2) is 5.13. The van der Waals surface area contributed by atoms with Gasteiger partial charge in [-0.2, -0.15) is 4.98 Å². The van der Waals surface area contributed by atoms with Crippen LogP contribution in [-0.2, 0) is 4.74 Å². The lowest BCUT2D eigenvalue weighted by molar-refractivity contribution is -0.387. The minimum atomic E-state index is -0.552. The van der Waals surface area contributed by atoms with E-state index in [0.29, 0.717) is 26.1 Å². The summed E-state index contributed by atoms with van der Waals surface area (Å²) in [5.74, 6) is -0.0861. The maximum Gasteiger partial charge on any atom is 0.352 e. The van der Waals surface area contributed by atoms with Crippen LogP contribution >= 0.6 is 0 Å². The lowest BCUT2D eigenvalue weighted by Crippen LogP contribution is -2.26. The van der Waals surface area contributed by atoms with Crippen molar-refractivity contribution in [3.8, 4) is 5.88 Å². The van der Waals surface area contributed by atoms with Gasteiger partial charge in [-0.25, -0.2) is 4.98 Å². The molecule has 0 bridgehead atoms. The van der Waals surface area contributed by atoms with Gasteiger partial charge in [-0.1, -0.05) is 0 Å². The average Bonchev–Trinajstić information content (AvgIpc) is 2.28. The molecule has 8 heteroatoms. The maximum absolute atomic E-state index is 11.0. The number of nitrogen functional groups attached to an aromatic ring is 1. The molecule has 2 rings (SSSR count). The summed E-state index contributed by atoms with van der Waals surface area (Å²) in [7, 11) is 0. The summed E-state index contributed by atoms with van der Waals surface area (Å²) < 4.78 is 10.7. The standard InChI is InChI=1S/C10H14N4O4/c1-6-8(14(15)16)9(13-10(11)12-6)18-7-2-4-17-5-3-7/h7H,2-5H2,1H3,(H2,11,12,13). The number of aromatic nitrogens is 2. The van der Waals surface area contributed by atoms with Gasteiger partial charge < -0.3 is 15.2 Å². The SMILES string of the molecule is Cc1nc(N)nc(OC2CCOCC2)c1[N+](=O)[O-]. The number of aryl methyl sites for hydroxylation is 1. The highest BCUT2D eigenvalue weighted by Gasteiger charge is 2.26. The zero-order chi connectivity index (χ0) is 13.1. The van der Waals surface area contributed by atoms with Gasteiger partial charge >= 0.3 is 5.69 Å². The van der Waals surface area contributed by atoms with Crippen LogP contribution in [0.25, 0.3) is 0 Å². The molecule has 1 aliphatic rings. The monoisotopic (exact) mass is 254 g/mol. The summed E-state index contributed by atoms with van der Waals surface area (Å²) >= 11 is 0. The minimum absolute atomic E-state index is 0.0276. The van der Waals surface area contributed by atoms with Crippen molar-refractivity contribution in [2.45, 2.75) is 25.9 Å². The van der Waals surface area contributed by atoms with E-state index in [2.05, 4.69) is 9.97 Å². The molecular formula is C10H14N4O4. The van der Waals surface area contributed by atoms with Crippen LogP contribution in [0, 0.1) is 17.0 Å². The van der Waals surface area contributed by atoms with Gasteiger partial charge in [0.05, 0.1) is 18.1 Å². The van der Waals surface area contributed by atoms with Crippen molar-refractivity contribution >= 4 is 11.6 Å². The molecule has 1 fully saturated rings. The van der Waals surface area contributed by atoms with Crippen LogP contribution in [0.2, 0.25) is 0 Å². The van der Waals surface area contributed by atoms with Crippen molar-refractivity contribution in [1.82, 2.24) is 9.97 Å². The van der Waals surface area contributed by atoms with E-state index in [1.54, 1.807) is 0 Å². The molecule has 0 atom stereocenters. The first kappa shape index (κ1) is 12.5. The van der Waals surface area contributed by atoms with E-state index in [-0.39, 0.29) is 29.3 Å². The van der Waals surface area contributed by atoms with E-state index in [9.17, 15) is 10.1 Å². The van der Waals surface area contributed by atoms with E-state index in [1.807, 2.05) is 0 Å². The highest BCUT2D eigenvalue weighted by molar-refractivity contribution is 5.47. The number of ether oxygens (including phenoxy) is 2. The van der Waals surface area contributed by atoms with Crippen LogP contribution in [-0.4, -0.2) is 34.2 Å². The molecule has 0 amide bonds. The third-order valence-corrected chi connectivity index (χ3v) is 2.67. The highest BCUT2D eigenvalue weighted by Crippen LogP contribution is 2.30. The van der Waals surface area contributed by atoms with Gasteiger partial charge in [-0.15, -0.1) is 0 Å². The molecule has 0 saturated carbocycles. The number of hydrogen-bond acceptors (Lipinski definition) is 7. The largest absolute Gasteiger partial charge is 0.469 e. The van der Waals surface area contributed by atoms with Crippen molar-refractivity contribution < 1.29 is 14.4 Å². The van der Waals surface area contributed by atoms with E-state index in [4.69, 9.17) is 15.2 Å². The van der Waals surface area contributed by atoms with Gasteiger partial charge in [0.25, 0.3) is 5.88 Å². The molecule has 1 saturated heterocycles. The quantitative estimate of drug-likeness (QED) is 0.627. The first-order chi connectivity index (χ1) is 8.58. The Morgan fingerprint density at radius 3 is 2.72 bits per heavy atom. The van der Waals surface area contributed by atoms with Crippen LogP contribution in [0.5, 0.6) is 5.88 Å². The second-order valence-electron chi connectivity index (χ2n) is 4.01. The van der Waals surface area contributed by atoms with Crippen LogP contribution in [0.15, 0.2) is 0 Å². The Morgan fingerprint density at radius 1 is 1.44 bits per heavy atom. The topological polar surface area (TPSA) is 113 Å². The fraction of sp³-hybridized carbons (Fsp3) is 0.600. The molecule has 0 aliphatic carbocycles. The average molecular weight is 254 g/mol. The van der Waals surface area contributed by atoms with Crippen LogP contribution in [0.1, 0.15) is 18.5 Å². The molecule has 98 valence electrons. The van der Waals surface area contributed by atoms with Gasteiger partial charge in [0.2, 0.25) is 5.95 Å². The molecule has 2 N–H and O–H groups in total. The fourth-order valence-corrected chi connectivity index (χ4v) is 1.81. The number of anilines is 1. The molecule has 1 aliphatic heterocycles. The maximum atomic E-state index is 11.0. The third-order valence-electron chi connectivity index (χ3n) is 2.67. The molecule has 0 unspecified atom stereocenters. The number of nitro groups is 1. The normalized spacial score (nSPS) is 16.5. The van der Waals surface area contributed by atoms with Crippen LogP contribution < -0.4 is 10.5 Å². The van der Waals surface area contributed by atoms with E-state index >= 15 is 0 Å². The molecule has 8 nitrogen and oxygen atoms in total. The Labute approximate surface area is 103 Å². The van der Waals surface area contributed by atoms with Gasteiger partial charge in [-0.3, -0.25) is 10.1 Å². The molecule has 0 radical (unpaired) electrons. The number of hydrogen-bond donors (Lipinski definition) is 1. The van der Waals surface area contributed by atoms with Crippen molar-refractivity contribution in [3.63, 3.8) is 0 Å². The third kappa shape index (κ3) is 2.65. The number of rotatable bonds is 3. The van der Waals surface area contributed by atoms with Gasteiger partial charge in [0, 0.05) is 12.8 Å². The first-order valence-electron chi connectivity index (χ1n) is 5.61. The van der Waals surface area contributed by atoms with Gasteiger partial charge in [0.15, 0.2) is 0 Å². The summed E-state index contributed by atoms with van der Waals surface area (Å²) in [5, 5.41) is 11.0. The number of nitrogens with two attached hydrogens (primary N) is 1. The van der Waals surface area contributed by atoms with E-state index in [0.717, 1.165) is 0 Å². The first-order valence-corrected chi connectivity index (χ1v) is 5.61. The smallest absolute Gasteiger partial charge is 0.352 e. The van der Waals surface area contributed by atoms with Gasteiger partial charge in [0.1, 0.15) is 11.8 Å². The van der Waals surface area contributed by atoms with E-state index < -0.39 is 4.92 Å². The summed E-state index contributed by atoms with van der Waals surface area (Å²) in [6.45, 7) is 2.67. The Balaban J connectivity index is 2.27. The molecule has 18 heavy (non-hydrogen) atoms. The predicted molar refractivity (Wildman–Crippen MR) is 62.3 cm³/mol. The summed E-state index contributed by atoms with van der Waals surface area (Å²) in [6.07, 6.45) is 1.23. The second-order valence-corrected chi connectivity index (χ2v) is 4.01. The minimum Gasteiger partial charge on any atom is -0.469 e. The molecule has 1 aromatic heterocycles. The Bertz CT molecular complexity index is 459. The fourth-order valence-electron chi connectivity index (χ4n) is 1.81. The molecule has 1 aromatic rings. The zero-order valence-electron chi connectivity index (χ0n) is 9.96. The van der Waals surface area contributed by atoms with Crippen molar-refractivity contribution in [3.05, 3.63) is 15.8 Å². The molecule has 0 aromatic carbocycles. The van der Waals surface area contributed by atoms with E-state index in [1.165, 1.54) is 6.92 Å². The summed E-state index contributed by atoms with van der Waals surface area (Å²) in [5.41, 5.74) is 5.46. The summed E-state index contributed by atoms with van der Waals surface area (Å²) in [4.78, 5) is 18.0. The summed E-state index contributed by atoms with van der Waals surface area (Å²) in [6, 6.07) is 0. The number of nitrogens with zero attached hydrogens (tertiary/aromatic N) is 3. The Kier molecular flexibility index (Phi) is 3.56. The Morgan fingerprint density at radius 2 is 2.11 bits per heavy atom. The van der Waals surface area contributed by atoms with Crippen molar-refractivity contribution in [1.29, 1.82) is 0 Å². The van der Waals surface area contributed by atoms with Gasteiger partial charge in [-0.05, 0) is 6.92 Å². The lowest BCUT2D eigenvalue weighted by atomic mass is 10.1. The highest BCUT2D eigenvalue weighted by atomic mass is 16.6. The lowest BCUT2D eigenvalue weighted by Gasteiger charge is -2.22. The zero-order valence-corrected chi connectivity index (χ0v) is 9.96. The van der Waals surface area contributed by atoms with Crippen molar-refractivity contribution in [2.75, 3.05) is 18.9 Å². The molecule has 0 spiro atoms. The molecule has 2 heterocycles. The van der Waals surface area contributed by atoms with Crippen molar-refractivity contribution in [2.24, 2.45) is 0 Å². The van der Waals surface area contributed by atoms with Crippen LogP contribution in [0.4, 0.5) is 11.6 Å². The Hall–Kier alpha value is -1.96. The van der Waals surface area contributed by atoms with Crippen LogP contribution in [0.3, 0.4) is 0 Å².